The van der Waals surface area contributed by atoms with Gasteiger partial charge in [-0.25, -0.2) is 13.6 Å². The first-order valence-corrected chi connectivity index (χ1v) is 11.8. The lowest BCUT2D eigenvalue weighted by Crippen LogP contribution is -2.57. The number of piperidine rings is 1. The lowest BCUT2D eigenvalue weighted by atomic mass is 9.85. The third kappa shape index (κ3) is 7.40. The van der Waals surface area contributed by atoms with Crippen molar-refractivity contribution in [3.8, 4) is 0 Å². The first-order valence-electron chi connectivity index (χ1n) is 11.8. The standard InChI is InChI=1S/C23H26F2N4O2.C2HF3O2/c24-18-6-4-17(5-7-18)14-21(30)26-10-13-28-11-8-23(9-12-28)22(31)27-16-29(23)20-3-1-2-19(25)15-20;3-2(4,5)1(6)7/h1-7,15H,8-14,16H2,(H,26,30)(H,27,31);(H,6,7). The number of carbonyl (C=O) groups excluding carboxylic acids is 2. The molecule has 2 aliphatic rings. The first kappa shape index (κ1) is 28.8. The van der Waals surface area contributed by atoms with Gasteiger partial charge in [-0.1, -0.05) is 18.2 Å². The van der Waals surface area contributed by atoms with E-state index in [1.807, 2.05) is 11.0 Å². The van der Waals surface area contributed by atoms with E-state index in [1.54, 1.807) is 18.2 Å². The zero-order valence-electron chi connectivity index (χ0n) is 20.2. The summed E-state index contributed by atoms with van der Waals surface area (Å²) in [6.07, 6.45) is -3.59. The summed E-state index contributed by atoms with van der Waals surface area (Å²) in [6, 6.07) is 12.3. The van der Waals surface area contributed by atoms with Gasteiger partial charge in [0.05, 0.1) is 13.1 Å². The van der Waals surface area contributed by atoms with Crippen LogP contribution in [0.2, 0.25) is 0 Å². The fourth-order valence-corrected chi connectivity index (χ4v) is 4.42. The van der Waals surface area contributed by atoms with E-state index in [-0.39, 0.29) is 29.9 Å². The van der Waals surface area contributed by atoms with E-state index in [9.17, 15) is 31.5 Å². The number of carbonyl (C=O) groups is 3. The number of carboxylic acids is 1. The summed E-state index contributed by atoms with van der Waals surface area (Å²) in [7, 11) is 0. The van der Waals surface area contributed by atoms with Gasteiger partial charge in [-0.15, -0.1) is 0 Å². The second-order valence-electron chi connectivity index (χ2n) is 8.90. The number of likely N-dealkylation sites (tertiary alicyclic amines) is 1. The maximum Gasteiger partial charge on any atom is 0.490 e. The molecule has 38 heavy (non-hydrogen) atoms. The molecule has 0 saturated carbocycles. The summed E-state index contributed by atoms with van der Waals surface area (Å²) < 4.78 is 58.4. The van der Waals surface area contributed by atoms with Crippen LogP contribution in [0, 0.1) is 11.6 Å². The van der Waals surface area contributed by atoms with Gasteiger partial charge < -0.3 is 25.5 Å². The monoisotopic (exact) mass is 542 g/mol. The average Bonchev–Trinajstić information content (AvgIpc) is 3.17. The van der Waals surface area contributed by atoms with Crippen LogP contribution in [0.15, 0.2) is 48.5 Å². The number of alkyl halides is 3. The van der Waals surface area contributed by atoms with Crippen molar-refractivity contribution in [2.75, 3.05) is 37.7 Å². The van der Waals surface area contributed by atoms with Crippen molar-refractivity contribution in [1.29, 1.82) is 0 Å². The van der Waals surface area contributed by atoms with Crippen molar-refractivity contribution < 1.29 is 41.4 Å². The number of hydrogen-bond acceptors (Lipinski definition) is 5. The number of rotatable bonds is 6. The number of amides is 2. The Kier molecular flexibility index (Phi) is 9.26. The van der Waals surface area contributed by atoms with Gasteiger partial charge >= 0.3 is 12.1 Å². The van der Waals surface area contributed by atoms with Gasteiger partial charge in [-0.3, -0.25) is 9.59 Å². The minimum atomic E-state index is -5.08. The number of halogens is 5. The molecule has 4 rings (SSSR count). The number of hydrogen-bond donors (Lipinski definition) is 3. The Morgan fingerprint density at radius 3 is 2.24 bits per heavy atom. The van der Waals surface area contributed by atoms with Crippen molar-refractivity contribution in [2.24, 2.45) is 0 Å². The molecule has 13 heteroatoms. The van der Waals surface area contributed by atoms with Crippen LogP contribution in [-0.2, 0) is 20.8 Å². The Bertz CT molecular complexity index is 1140. The first-order chi connectivity index (χ1) is 17.9. The molecule has 1 spiro atoms. The Morgan fingerprint density at radius 2 is 1.66 bits per heavy atom. The van der Waals surface area contributed by atoms with Gasteiger partial charge in [0.2, 0.25) is 11.8 Å². The second kappa shape index (κ2) is 12.2. The third-order valence-electron chi connectivity index (χ3n) is 6.41. The molecule has 0 bridgehead atoms. The molecule has 3 N–H and O–H groups in total. The van der Waals surface area contributed by atoms with E-state index in [0.29, 0.717) is 51.4 Å². The number of carboxylic acid groups (broad SMARTS) is 1. The summed E-state index contributed by atoms with van der Waals surface area (Å²) in [5, 5.41) is 12.9. The average molecular weight is 543 g/mol. The fourth-order valence-electron chi connectivity index (χ4n) is 4.42. The number of nitrogens with zero attached hydrogens (tertiary/aromatic N) is 2. The van der Waals surface area contributed by atoms with Crippen LogP contribution >= 0.6 is 0 Å². The van der Waals surface area contributed by atoms with Crippen LogP contribution < -0.4 is 15.5 Å². The van der Waals surface area contributed by atoms with Gasteiger partial charge in [-0.05, 0) is 48.7 Å². The highest BCUT2D eigenvalue weighted by molar-refractivity contribution is 5.93. The molecule has 0 radical (unpaired) electrons. The van der Waals surface area contributed by atoms with Gasteiger partial charge in [0.15, 0.2) is 0 Å². The topological polar surface area (TPSA) is 102 Å². The largest absolute Gasteiger partial charge is 0.490 e. The third-order valence-corrected chi connectivity index (χ3v) is 6.41. The molecule has 206 valence electrons. The fraction of sp³-hybridized carbons (Fsp3) is 0.400. The van der Waals surface area contributed by atoms with E-state index in [0.717, 1.165) is 5.56 Å². The number of anilines is 1. The summed E-state index contributed by atoms with van der Waals surface area (Å²) >= 11 is 0. The van der Waals surface area contributed by atoms with E-state index in [2.05, 4.69) is 15.5 Å². The van der Waals surface area contributed by atoms with Crippen molar-refractivity contribution in [3.05, 3.63) is 65.7 Å². The lowest BCUT2D eigenvalue weighted by Gasteiger charge is -2.43. The summed E-state index contributed by atoms with van der Waals surface area (Å²) in [6.45, 7) is 3.00. The van der Waals surface area contributed by atoms with Crippen LogP contribution in [0.25, 0.3) is 0 Å². The molecule has 2 aliphatic heterocycles. The quantitative estimate of drug-likeness (QED) is 0.486. The normalized spacial score (nSPS) is 17.0. The van der Waals surface area contributed by atoms with Crippen molar-refractivity contribution in [1.82, 2.24) is 15.5 Å². The molecule has 2 aromatic rings. The lowest BCUT2D eigenvalue weighted by molar-refractivity contribution is -0.192. The molecule has 2 saturated heterocycles. The highest BCUT2D eigenvalue weighted by Crippen LogP contribution is 2.36. The minimum Gasteiger partial charge on any atom is -0.475 e. The highest BCUT2D eigenvalue weighted by atomic mass is 19.4. The Labute approximate surface area is 215 Å². The molecular formula is C25H27F5N4O4. The summed E-state index contributed by atoms with van der Waals surface area (Å²) in [5.41, 5.74) is 0.819. The predicted molar refractivity (Wildman–Crippen MR) is 127 cm³/mol. The molecule has 0 atom stereocenters. The molecule has 2 heterocycles. The van der Waals surface area contributed by atoms with E-state index in [1.165, 1.54) is 24.3 Å². The molecule has 0 aromatic heterocycles. The van der Waals surface area contributed by atoms with Crippen molar-refractivity contribution in [3.63, 3.8) is 0 Å². The van der Waals surface area contributed by atoms with Crippen LogP contribution in [0.4, 0.5) is 27.6 Å². The molecule has 8 nitrogen and oxygen atoms in total. The molecule has 0 aliphatic carbocycles. The number of aliphatic carboxylic acids is 1. The molecular weight excluding hydrogens is 515 g/mol. The van der Waals surface area contributed by atoms with Gasteiger partial charge in [0.1, 0.15) is 17.2 Å². The van der Waals surface area contributed by atoms with Crippen LogP contribution in [0.1, 0.15) is 18.4 Å². The maximum atomic E-state index is 13.7. The Morgan fingerprint density at radius 1 is 1.03 bits per heavy atom. The molecule has 0 unspecified atom stereocenters. The SMILES string of the molecule is O=C(Cc1ccc(F)cc1)NCCN1CCC2(CC1)C(=O)NCN2c1cccc(F)c1.O=C(O)C(F)(F)F. The van der Waals surface area contributed by atoms with Gasteiger partial charge in [0.25, 0.3) is 0 Å². The Balaban J connectivity index is 0.000000505. The zero-order valence-corrected chi connectivity index (χ0v) is 20.2. The minimum absolute atomic E-state index is 0.0102. The smallest absolute Gasteiger partial charge is 0.475 e. The zero-order chi connectivity index (χ0) is 27.9. The molecule has 2 fully saturated rings. The van der Waals surface area contributed by atoms with Crippen LogP contribution in [0.5, 0.6) is 0 Å². The van der Waals surface area contributed by atoms with Gasteiger partial charge in [0, 0.05) is 31.9 Å². The van der Waals surface area contributed by atoms with Gasteiger partial charge in [-0.2, -0.15) is 13.2 Å². The Hall–Kier alpha value is -3.74. The van der Waals surface area contributed by atoms with E-state index >= 15 is 0 Å². The number of benzene rings is 2. The van der Waals surface area contributed by atoms with E-state index < -0.39 is 17.7 Å². The second-order valence-corrected chi connectivity index (χ2v) is 8.90. The van der Waals surface area contributed by atoms with Crippen LogP contribution in [-0.4, -0.2) is 72.4 Å². The van der Waals surface area contributed by atoms with Crippen LogP contribution in [0.3, 0.4) is 0 Å². The summed E-state index contributed by atoms with van der Waals surface area (Å²) in [4.78, 5) is 37.9. The summed E-state index contributed by atoms with van der Waals surface area (Å²) in [5.74, 6) is -3.51. The van der Waals surface area contributed by atoms with Crippen molar-refractivity contribution in [2.45, 2.75) is 31.0 Å². The van der Waals surface area contributed by atoms with E-state index in [4.69, 9.17) is 9.90 Å². The molecule has 2 aromatic carbocycles. The maximum absolute atomic E-state index is 13.7. The molecule has 2 amide bonds. The number of nitrogens with one attached hydrogen (secondary N) is 2. The van der Waals surface area contributed by atoms with Crippen molar-refractivity contribution >= 4 is 23.5 Å². The predicted octanol–water partition coefficient (Wildman–Crippen LogP) is 2.69. The highest BCUT2D eigenvalue weighted by Gasteiger charge is 2.50.